The van der Waals surface area contributed by atoms with Crippen molar-refractivity contribution in [2.45, 2.75) is 19.3 Å². The van der Waals surface area contributed by atoms with Gasteiger partial charge in [0.05, 0.1) is 17.1 Å². The Morgan fingerprint density at radius 3 is 2.29 bits per heavy atom. The number of amides is 2. The molecular formula is C22H24ClN3O2. The highest BCUT2D eigenvalue weighted by molar-refractivity contribution is 6.33. The maximum absolute atomic E-state index is 12.7. The molecular weight excluding hydrogens is 374 g/mol. The van der Waals surface area contributed by atoms with Crippen LogP contribution in [0.1, 0.15) is 18.4 Å². The molecule has 146 valence electrons. The molecule has 0 N–H and O–H groups in total. The zero-order valence-corrected chi connectivity index (χ0v) is 16.6. The van der Waals surface area contributed by atoms with E-state index in [1.165, 1.54) is 0 Å². The van der Waals surface area contributed by atoms with Crippen molar-refractivity contribution in [3.63, 3.8) is 0 Å². The molecule has 6 heteroatoms. The summed E-state index contributed by atoms with van der Waals surface area (Å²) in [5.41, 5.74) is 2.93. The summed E-state index contributed by atoms with van der Waals surface area (Å²) < 4.78 is 0. The molecule has 2 saturated heterocycles. The molecule has 2 aliphatic heterocycles. The van der Waals surface area contributed by atoms with Gasteiger partial charge >= 0.3 is 0 Å². The second-order valence-electron chi connectivity index (χ2n) is 7.31. The van der Waals surface area contributed by atoms with Gasteiger partial charge in [-0.2, -0.15) is 0 Å². The monoisotopic (exact) mass is 397 g/mol. The number of para-hydroxylation sites is 1. The number of rotatable bonds is 4. The fourth-order valence-electron chi connectivity index (χ4n) is 3.91. The number of halogens is 1. The van der Waals surface area contributed by atoms with Crippen LogP contribution in [0.2, 0.25) is 5.02 Å². The minimum Gasteiger partial charge on any atom is -0.367 e. The molecule has 5 nitrogen and oxygen atoms in total. The van der Waals surface area contributed by atoms with Crippen molar-refractivity contribution in [2.24, 2.45) is 0 Å². The van der Waals surface area contributed by atoms with Crippen LogP contribution in [-0.2, 0) is 16.0 Å². The van der Waals surface area contributed by atoms with Gasteiger partial charge in [0.15, 0.2) is 0 Å². The summed E-state index contributed by atoms with van der Waals surface area (Å²) in [6, 6.07) is 15.6. The first-order valence-electron chi connectivity index (χ1n) is 9.78. The van der Waals surface area contributed by atoms with Gasteiger partial charge in [0.1, 0.15) is 0 Å². The molecule has 0 aliphatic carbocycles. The smallest absolute Gasteiger partial charge is 0.227 e. The van der Waals surface area contributed by atoms with E-state index in [0.29, 0.717) is 25.9 Å². The molecule has 2 fully saturated rings. The summed E-state index contributed by atoms with van der Waals surface area (Å²) in [7, 11) is 0. The Labute approximate surface area is 170 Å². The lowest BCUT2D eigenvalue weighted by atomic mass is 10.1. The summed E-state index contributed by atoms with van der Waals surface area (Å²) >= 11 is 6.29. The van der Waals surface area contributed by atoms with E-state index < -0.39 is 0 Å². The van der Waals surface area contributed by atoms with Crippen LogP contribution in [0.3, 0.4) is 0 Å². The average molecular weight is 398 g/mol. The van der Waals surface area contributed by atoms with Crippen molar-refractivity contribution in [3.8, 4) is 0 Å². The van der Waals surface area contributed by atoms with Crippen LogP contribution in [0.25, 0.3) is 0 Å². The molecule has 0 aromatic heterocycles. The fraction of sp³-hybridized carbons (Fsp3) is 0.364. The number of nitrogens with zero attached hydrogens (tertiary/aromatic N) is 3. The van der Waals surface area contributed by atoms with Gasteiger partial charge in [-0.05, 0) is 36.2 Å². The summed E-state index contributed by atoms with van der Waals surface area (Å²) in [4.78, 5) is 30.5. The maximum atomic E-state index is 12.7. The Balaban J connectivity index is 1.32. The van der Waals surface area contributed by atoms with Crippen molar-refractivity contribution >= 4 is 34.8 Å². The first kappa shape index (κ1) is 18.8. The predicted molar refractivity (Wildman–Crippen MR) is 112 cm³/mol. The maximum Gasteiger partial charge on any atom is 0.227 e. The van der Waals surface area contributed by atoms with Gasteiger partial charge in [0.2, 0.25) is 11.8 Å². The summed E-state index contributed by atoms with van der Waals surface area (Å²) in [5.74, 6) is 0.323. The number of carbonyl (C=O) groups excluding carboxylic acids is 2. The van der Waals surface area contributed by atoms with E-state index in [0.717, 1.165) is 48.0 Å². The molecule has 28 heavy (non-hydrogen) atoms. The minimum atomic E-state index is 0.142. The van der Waals surface area contributed by atoms with Crippen LogP contribution in [0.4, 0.5) is 11.4 Å². The van der Waals surface area contributed by atoms with Gasteiger partial charge in [-0.3, -0.25) is 9.59 Å². The van der Waals surface area contributed by atoms with Gasteiger partial charge in [0.25, 0.3) is 0 Å². The first-order chi connectivity index (χ1) is 13.6. The Morgan fingerprint density at radius 2 is 1.64 bits per heavy atom. The molecule has 0 spiro atoms. The largest absolute Gasteiger partial charge is 0.367 e. The lowest BCUT2D eigenvalue weighted by Gasteiger charge is -2.36. The van der Waals surface area contributed by atoms with E-state index in [-0.39, 0.29) is 11.8 Å². The number of piperazine rings is 1. The molecule has 0 saturated carbocycles. The zero-order valence-electron chi connectivity index (χ0n) is 15.8. The number of carbonyl (C=O) groups is 2. The van der Waals surface area contributed by atoms with Crippen LogP contribution in [-0.4, -0.2) is 49.4 Å². The second-order valence-corrected chi connectivity index (χ2v) is 7.72. The minimum absolute atomic E-state index is 0.142. The zero-order chi connectivity index (χ0) is 19.5. The van der Waals surface area contributed by atoms with E-state index in [1.807, 2.05) is 58.3 Å². The normalized spacial score (nSPS) is 17.3. The van der Waals surface area contributed by atoms with Crippen molar-refractivity contribution in [2.75, 3.05) is 42.5 Å². The third-order valence-electron chi connectivity index (χ3n) is 5.50. The average Bonchev–Trinajstić information content (AvgIpc) is 3.15. The van der Waals surface area contributed by atoms with Gasteiger partial charge < -0.3 is 14.7 Å². The fourth-order valence-corrected chi connectivity index (χ4v) is 4.16. The van der Waals surface area contributed by atoms with E-state index in [1.54, 1.807) is 0 Å². The molecule has 2 amide bonds. The highest BCUT2D eigenvalue weighted by Gasteiger charge is 2.23. The molecule has 0 atom stereocenters. The van der Waals surface area contributed by atoms with Crippen LogP contribution >= 0.6 is 11.6 Å². The van der Waals surface area contributed by atoms with Crippen molar-refractivity contribution < 1.29 is 9.59 Å². The van der Waals surface area contributed by atoms with E-state index in [4.69, 9.17) is 11.6 Å². The molecule has 0 bridgehead atoms. The lowest BCUT2D eigenvalue weighted by Crippen LogP contribution is -2.49. The highest BCUT2D eigenvalue weighted by atomic mass is 35.5. The number of anilines is 2. The Morgan fingerprint density at radius 1 is 0.929 bits per heavy atom. The lowest BCUT2D eigenvalue weighted by molar-refractivity contribution is -0.130. The van der Waals surface area contributed by atoms with Crippen LogP contribution in [0.5, 0.6) is 0 Å². The van der Waals surface area contributed by atoms with Gasteiger partial charge in [-0.15, -0.1) is 0 Å². The van der Waals surface area contributed by atoms with Crippen molar-refractivity contribution in [1.82, 2.24) is 4.90 Å². The van der Waals surface area contributed by atoms with Crippen LogP contribution < -0.4 is 9.80 Å². The van der Waals surface area contributed by atoms with Gasteiger partial charge in [0, 0.05) is 44.8 Å². The highest BCUT2D eigenvalue weighted by Crippen LogP contribution is 2.26. The molecule has 4 rings (SSSR count). The third-order valence-corrected chi connectivity index (χ3v) is 5.82. The van der Waals surface area contributed by atoms with E-state index in [2.05, 4.69) is 4.90 Å². The number of benzene rings is 2. The Hall–Kier alpha value is -2.53. The molecule has 2 aliphatic rings. The molecule has 0 radical (unpaired) electrons. The van der Waals surface area contributed by atoms with Crippen molar-refractivity contribution in [1.29, 1.82) is 0 Å². The standard InChI is InChI=1S/C22H24ClN3O2/c23-19-4-1-2-5-20(19)24-12-14-25(15-13-24)22(28)16-17-7-9-18(10-8-17)26-11-3-6-21(26)27/h1-2,4-5,7-10H,3,6,11-16H2. The Bertz CT molecular complexity index is 860. The molecule has 2 aromatic carbocycles. The van der Waals surface area contributed by atoms with Gasteiger partial charge in [-0.25, -0.2) is 0 Å². The van der Waals surface area contributed by atoms with E-state index >= 15 is 0 Å². The summed E-state index contributed by atoms with van der Waals surface area (Å²) in [6.07, 6.45) is 1.93. The van der Waals surface area contributed by atoms with Crippen LogP contribution in [0.15, 0.2) is 48.5 Å². The molecule has 2 aromatic rings. The molecule has 0 unspecified atom stereocenters. The van der Waals surface area contributed by atoms with E-state index in [9.17, 15) is 9.59 Å². The molecule has 2 heterocycles. The predicted octanol–water partition coefficient (Wildman–Crippen LogP) is 3.36. The summed E-state index contributed by atoms with van der Waals surface area (Å²) in [6.45, 7) is 3.75. The second kappa shape index (κ2) is 8.23. The first-order valence-corrected chi connectivity index (χ1v) is 10.2. The SMILES string of the molecule is O=C(Cc1ccc(N2CCCC2=O)cc1)N1CCN(c2ccccc2Cl)CC1. The quantitative estimate of drug-likeness (QED) is 0.794. The van der Waals surface area contributed by atoms with Gasteiger partial charge in [-0.1, -0.05) is 35.9 Å². The summed E-state index contributed by atoms with van der Waals surface area (Å²) in [5, 5.41) is 0.749. The van der Waals surface area contributed by atoms with Crippen LogP contribution in [0, 0.1) is 0 Å². The Kier molecular flexibility index (Phi) is 5.53. The topological polar surface area (TPSA) is 43.9 Å². The van der Waals surface area contributed by atoms with Crippen molar-refractivity contribution in [3.05, 3.63) is 59.1 Å². The number of hydrogen-bond acceptors (Lipinski definition) is 3. The number of hydrogen-bond donors (Lipinski definition) is 0. The third kappa shape index (κ3) is 3.99.